The normalized spacial score (nSPS) is 16.6. The lowest BCUT2D eigenvalue weighted by molar-refractivity contribution is 0.0548. The highest BCUT2D eigenvalue weighted by Crippen LogP contribution is 2.29. The minimum atomic E-state index is -0.368. The summed E-state index contributed by atoms with van der Waals surface area (Å²) in [6, 6.07) is 15.6. The molecule has 2 fully saturated rings. The summed E-state index contributed by atoms with van der Waals surface area (Å²) in [7, 11) is 1.37. The van der Waals surface area contributed by atoms with E-state index >= 15 is 0 Å². The first kappa shape index (κ1) is 25.0. The zero-order valence-electron chi connectivity index (χ0n) is 19.0. The Morgan fingerprint density at radius 1 is 1.09 bits per heavy atom. The number of nitrogens with one attached hydrogen (secondary N) is 1. The van der Waals surface area contributed by atoms with E-state index in [0.717, 1.165) is 37.2 Å². The molecule has 0 aromatic heterocycles. The van der Waals surface area contributed by atoms with Crippen LogP contribution < -0.4 is 10.2 Å². The van der Waals surface area contributed by atoms with E-state index in [2.05, 4.69) is 17.4 Å². The van der Waals surface area contributed by atoms with Crippen molar-refractivity contribution in [3.8, 4) is 0 Å². The number of rotatable bonds is 5. The van der Waals surface area contributed by atoms with Crippen molar-refractivity contribution in [2.24, 2.45) is 0 Å². The molecule has 4 rings (SSSR count). The molecule has 2 heterocycles. The van der Waals surface area contributed by atoms with Gasteiger partial charge in [-0.3, -0.25) is 4.90 Å². The smallest absolute Gasteiger partial charge is 0.337 e. The van der Waals surface area contributed by atoms with Gasteiger partial charge in [-0.15, -0.1) is 12.4 Å². The van der Waals surface area contributed by atoms with E-state index in [9.17, 15) is 9.59 Å². The van der Waals surface area contributed by atoms with Crippen LogP contribution in [0.2, 0.25) is 0 Å². The van der Waals surface area contributed by atoms with Crippen molar-refractivity contribution in [1.82, 2.24) is 10.2 Å². The van der Waals surface area contributed by atoms with Gasteiger partial charge in [0.15, 0.2) is 0 Å². The third-order valence-electron chi connectivity index (χ3n) is 6.22. The number of hydrogen-bond acceptors (Lipinski definition) is 5. The van der Waals surface area contributed by atoms with Gasteiger partial charge in [0, 0.05) is 18.8 Å². The largest absolute Gasteiger partial charge is 0.465 e. The molecule has 2 aliphatic rings. The zero-order valence-corrected chi connectivity index (χ0v) is 19.8. The Kier molecular flexibility index (Phi) is 9.11. The minimum Gasteiger partial charge on any atom is -0.465 e. The summed E-state index contributed by atoms with van der Waals surface area (Å²) in [5, 5.41) is 3.42. The lowest BCUT2D eigenvalue weighted by Gasteiger charge is -2.33. The quantitative estimate of drug-likeness (QED) is 0.668. The van der Waals surface area contributed by atoms with Crippen LogP contribution in [0.25, 0.3) is 0 Å². The van der Waals surface area contributed by atoms with Gasteiger partial charge in [0.1, 0.15) is 0 Å². The standard InChI is InChI=1S/C25H31N3O4.ClH/c1-31-24(29)21-7-5-19(6-8-21)18-28(25(30)27-13-15-32-16-14-27)23-4-2-3-22(17-23)20-9-11-26-12-10-20;/h2-8,17,20,26H,9-16,18H2,1H3;1H. The highest BCUT2D eigenvalue weighted by molar-refractivity contribution is 5.92. The molecule has 8 heteroatoms. The van der Waals surface area contributed by atoms with Crippen LogP contribution in [0, 0.1) is 0 Å². The number of halogens is 1. The van der Waals surface area contributed by atoms with Gasteiger partial charge in [0.2, 0.25) is 0 Å². The molecule has 0 unspecified atom stereocenters. The molecule has 0 aliphatic carbocycles. The summed E-state index contributed by atoms with van der Waals surface area (Å²) < 4.78 is 10.2. The van der Waals surface area contributed by atoms with Crippen molar-refractivity contribution in [2.45, 2.75) is 25.3 Å². The molecule has 2 aliphatic heterocycles. The molecule has 2 aromatic rings. The summed E-state index contributed by atoms with van der Waals surface area (Å²) in [6.45, 7) is 4.77. The van der Waals surface area contributed by atoms with Gasteiger partial charge in [-0.1, -0.05) is 24.3 Å². The highest BCUT2D eigenvalue weighted by Gasteiger charge is 2.25. The second-order valence-corrected chi connectivity index (χ2v) is 8.28. The topological polar surface area (TPSA) is 71.1 Å². The maximum atomic E-state index is 13.5. The number of morpholine rings is 1. The highest BCUT2D eigenvalue weighted by atomic mass is 35.5. The molecule has 7 nitrogen and oxygen atoms in total. The van der Waals surface area contributed by atoms with Gasteiger partial charge in [0.25, 0.3) is 0 Å². The van der Waals surface area contributed by atoms with Crippen molar-refractivity contribution >= 4 is 30.1 Å². The molecule has 2 saturated heterocycles. The van der Waals surface area contributed by atoms with Crippen molar-refractivity contribution in [3.63, 3.8) is 0 Å². The SMILES string of the molecule is COC(=O)c1ccc(CN(C(=O)N2CCOCC2)c2cccc(C3CCNCC3)c2)cc1.Cl. The summed E-state index contributed by atoms with van der Waals surface area (Å²) in [6.07, 6.45) is 2.21. The molecular weight excluding hydrogens is 442 g/mol. The number of hydrogen-bond donors (Lipinski definition) is 1. The number of piperidine rings is 1. The summed E-state index contributed by atoms with van der Waals surface area (Å²) in [5.74, 6) is 0.142. The maximum absolute atomic E-state index is 13.5. The molecule has 33 heavy (non-hydrogen) atoms. The van der Waals surface area contributed by atoms with Crippen LogP contribution in [0.1, 0.15) is 40.2 Å². The van der Waals surface area contributed by atoms with Crippen LogP contribution in [0.4, 0.5) is 10.5 Å². The predicted octanol–water partition coefficient (Wildman–Crippen LogP) is 3.82. The fraction of sp³-hybridized carbons (Fsp3) is 0.440. The number of ether oxygens (including phenoxy) is 2. The van der Waals surface area contributed by atoms with E-state index < -0.39 is 0 Å². The first-order valence-corrected chi connectivity index (χ1v) is 11.3. The fourth-order valence-corrected chi connectivity index (χ4v) is 4.34. The van der Waals surface area contributed by atoms with E-state index in [-0.39, 0.29) is 24.4 Å². The number of amides is 2. The van der Waals surface area contributed by atoms with Crippen molar-refractivity contribution in [3.05, 3.63) is 65.2 Å². The summed E-state index contributed by atoms with van der Waals surface area (Å²) in [5.41, 5.74) is 3.63. The van der Waals surface area contributed by atoms with E-state index in [1.165, 1.54) is 12.7 Å². The van der Waals surface area contributed by atoms with Gasteiger partial charge in [-0.2, -0.15) is 0 Å². The Bertz CT molecular complexity index is 926. The van der Waals surface area contributed by atoms with Gasteiger partial charge >= 0.3 is 12.0 Å². The van der Waals surface area contributed by atoms with Crippen LogP contribution in [0.15, 0.2) is 48.5 Å². The number of urea groups is 1. The number of nitrogens with zero attached hydrogens (tertiary/aromatic N) is 2. The predicted molar refractivity (Wildman–Crippen MR) is 130 cm³/mol. The molecule has 0 spiro atoms. The molecule has 0 bridgehead atoms. The molecule has 0 saturated carbocycles. The van der Waals surface area contributed by atoms with Gasteiger partial charge in [0.05, 0.1) is 32.4 Å². The third kappa shape index (κ3) is 6.25. The summed E-state index contributed by atoms with van der Waals surface area (Å²) >= 11 is 0. The number of methoxy groups -OCH3 is 1. The van der Waals surface area contributed by atoms with Crippen LogP contribution in [0.3, 0.4) is 0 Å². The van der Waals surface area contributed by atoms with Crippen LogP contribution in [-0.4, -0.2) is 63.4 Å². The average molecular weight is 474 g/mol. The molecule has 2 amide bonds. The van der Waals surface area contributed by atoms with Gasteiger partial charge in [-0.05, 0) is 67.2 Å². The fourth-order valence-electron chi connectivity index (χ4n) is 4.34. The van der Waals surface area contributed by atoms with Crippen molar-refractivity contribution < 1.29 is 19.1 Å². The lowest BCUT2D eigenvalue weighted by atomic mass is 9.90. The summed E-state index contributed by atoms with van der Waals surface area (Å²) in [4.78, 5) is 29.0. The Morgan fingerprint density at radius 2 is 1.79 bits per heavy atom. The molecular formula is C25H32ClN3O4. The molecule has 2 aromatic carbocycles. The van der Waals surface area contributed by atoms with Crippen LogP contribution in [0.5, 0.6) is 0 Å². The molecule has 0 atom stereocenters. The van der Waals surface area contributed by atoms with E-state index in [4.69, 9.17) is 9.47 Å². The monoisotopic (exact) mass is 473 g/mol. The molecule has 1 N–H and O–H groups in total. The molecule has 0 radical (unpaired) electrons. The number of esters is 1. The number of anilines is 1. The van der Waals surface area contributed by atoms with Crippen molar-refractivity contribution in [2.75, 3.05) is 51.4 Å². The van der Waals surface area contributed by atoms with E-state index in [0.29, 0.717) is 44.3 Å². The Labute approximate surface area is 201 Å². The Morgan fingerprint density at radius 3 is 2.45 bits per heavy atom. The number of carbonyl (C=O) groups excluding carboxylic acids is 2. The van der Waals surface area contributed by atoms with Crippen LogP contribution in [-0.2, 0) is 16.0 Å². The van der Waals surface area contributed by atoms with Gasteiger partial charge in [-0.25, -0.2) is 9.59 Å². The van der Waals surface area contributed by atoms with Crippen LogP contribution >= 0.6 is 12.4 Å². The number of carbonyl (C=O) groups is 2. The lowest BCUT2D eigenvalue weighted by Crippen LogP contribution is -2.48. The van der Waals surface area contributed by atoms with Crippen molar-refractivity contribution in [1.29, 1.82) is 0 Å². The third-order valence-corrected chi connectivity index (χ3v) is 6.22. The zero-order chi connectivity index (χ0) is 22.3. The minimum absolute atomic E-state index is 0. The Balaban J connectivity index is 0.00000306. The first-order chi connectivity index (χ1) is 15.7. The first-order valence-electron chi connectivity index (χ1n) is 11.3. The maximum Gasteiger partial charge on any atom is 0.337 e. The van der Waals surface area contributed by atoms with E-state index in [1.807, 2.05) is 34.1 Å². The second-order valence-electron chi connectivity index (χ2n) is 8.28. The van der Waals surface area contributed by atoms with Gasteiger partial charge < -0.3 is 19.7 Å². The molecule has 178 valence electrons. The second kappa shape index (κ2) is 12.0. The average Bonchev–Trinajstić information content (AvgIpc) is 2.88. The van der Waals surface area contributed by atoms with E-state index in [1.54, 1.807) is 12.1 Å². The Hall–Kier alpha value is -2.61. The number of benzene rings is 2.